The molecule has 2 aromatic rings. The summed E-state index contributed by atoms with van der Waals surface area (Å²) in [6.45, 7) is 1.68. The highest BCUT2D eigenvalue weighted by molar-refractivity contribution is 7.88. The van der Waals surface area contributed by atoms with Crippen LogP contribution >= 0.6 is 0 Å². The molecule has 2 aromatic carbocycles. The molecule has 0 spiro atoms. The van der Waals surface area contributed by atoms with Crippen molar-refractivity contribution in [3.8, 4) is 0 Å². The molecule has 166 valence electrons. The molecule has 0 fully saturated rings. The molecule has 0 aliphatic heterocycles. The van der Waals surface area contributed by atoms with Crippen LogP contribution in [0.4, 0.5) is 5.69 Å². The van der Waals surface area contributed by atoms with Gasteiger partial charge in [0.05, 0.1) is 12.9 Å². The number of nitrogens with one attached hydrogen (secondary N) is 2. The van der Waals surface area contributed by atoms with Crippen molar-refractivity contribution in [2.75, 3.05) is 18.2 Å². The lowest BCUT2D eigenvalue weighted by Gasteiger charge is -2.28. The summed E-state index contributed by atoms with van der Waals surface area (Å²) in [5.41, 5.74) is 3.71. The molecule has 0 unspecified atom stereocenters. The summed E-state index contributed by atoms with van der Waals surface area (Å²) in [7, 11) is -4.03. The zero-order valence-electron chi connectivity index (χ0n) is 17.2. The van der Waals surface area contributed by atoms with Crippen molar-refractivity contribution in [3.63, 3.8) is 0 Å². The summed E-state index contributed by atoms with van der Waals surface area (Å²) < 4.78 is 30.7. The molecular formula is C20H25N5O5S. The summed E-state index contributed by atoms with van der Waals surface area (Å²) in [5.74, 6) is 3.56. The van der Waals surface area contributed by atoms with Crippen molar-refractivity contribution in [1.29, 1.82) is 0 Å². The molecule has 0 radical (unpaired) electrons. The fraction of sp³-hybridized carbons (Fsp3) is 0.250. The first kappa shape index (κ1) is 23.8. The fourth-order valence-corrected chi connectivity index (χ4v) is 3.63. The molecule has 10 nitrogen and oxygen atoms in total. The molecule has 0 bridgehead atoms. The number of sulfonamides is 1. The molecule has 0 saturated heterocycles. The Morgan fingerprint density at radius 2 is 1.90 bits per heavy atom. The Morgan fingerprint density at radius 3 is 2.52 bits per heavy atom. The van der Waals surface area contributed by atoms with Gasteiger partial charge in [-0.3, -0.25) is 15.0 Å². The summed E-state index contributed by atoms with van der Waals surface area (Å²) in [6.07, 6.45) is 2.15. The number of esters is 1. The average Bonchev–Trinajstić information content (AvgIpc) is 2.74. The second kappa shape index (κ2) is 11.1. The highest BCUT2D eigenvalue weighted by Gasteiger charge is 2.35. The third-order valence-corrected chi connectivity index (χ3v) is 5.17. The quantitative estimate of drug-likeness (QED) is 0.163. The van der Waals surface area contributed by atoms with Gasteiger partial charge >= 0.3 is 5.97 Å². The minimum absolute atomic E-state index is 0.0155. The van der Waals surface area contributed by atoms with E-state index in [1.54, 1.807) is 49.4 Å². The smallest absolute Gasteiger partial charge is 0.326 e. The van der Waals surface area contributed by atoms with E-state index in [-0.39, 0.29) is 18.6 Å². The number of anilines is 1. The first-order valence-corrected chi connectivity index (χ1v) is 11.2. The fourth-order valence-electron chi connectivity index (χ4n) is 2.76. The molecule has 0 saturated carbocycles. The van der Waals surface area contributed by atoms with Gasteiger partial charge in [-0.2, -0.15) is 5.10 Å². The number of carbonyl (C=O) groups excluding carboxylic acids is 2. The van der Waals surface area contributed by atoms with Crippen molar-refractivity contribution < 1.29 is 22.7 Å². The Labute approximate surface area is 181 Å². The van der Waals surface area contributed by atoms with Crippen molar-refractivity contribution in [2.45, 2.75) is 19.4 Å². The molecule has 31 heavy (non-hydrogen) atoms. The van der Waals surface area contributed by atoms with Crippen LogP contribution in [0.15, 0.2) is 59.7 Å². The number of amides is 1. The van der Waals surface area contributed by atoms with E-state index in [9.17, 15) is 18.0 Å². The van der Waals surface area contributed by atoms with Crippen LogP contribution in [-0.2, 0) is 26.0 Å². The summed E-state index contributed by atoms with van der Waals surface area (Å²) >= 11 is 0. The van der Waals surface area contributed by atoms with E-state index in [1.165, 1.54) is 18.5 Å². The van der Waals surface area contributed by atoms with E-state index in [2.05, 4.69) is 15.8 Å². The zero-order valence-corrected chi connectivity index (χ0v) is 18.0. The maximum atomic E-state index is 12.8. The molecule has 0 heterocycles. The van der Waals surface area contributed by atoms with Gasteiger partial charge in [0.15, 0.2) is 0 Å². The van der Waals surface area contributed by atoms with Gasteiger partial charge in [0.25, 0.3) is 5.91 Å². The third kappa shape index (κ3) is 7.08. The lowest BCUT2D eigenvalue weighted by molar-refractivity contribution is -0.148. The minimum atomic E-state index is -4.03. The van der Waals surface area contributed by atoms with E-state index >= 15 is 0 Å². The van der Waals surface area contributed by atoms with Crippen molar-refractivity contribution in [3.05, 3.63) is 65.7 Å². The standard InChI is InChI=1S/C20H25N5O5S/c1-3-30-20(27)18(12-15-8-5-4-6-9-15)25(31(2,28)29)24-19(26)16-10-7-11-17(13-16)22-14-23-21/h4-11,13-14,18H,3,12,21H2,1-2H3,(H,22,23)(H,24,26)/t18-/m0/s1. The van der Waals surface area contributed by atoms with Crippen LogP contribution in [0.2, 0.25) is 0 Å². The summed E-state index contributed by atoms with van der Waals surface area (Å²) in [4.78, 5) is 25.4. The molecule has 0 aromatic heterocycles. The highest BCUT2D eigenvalue weighted by Crippen LogP contribution is 2.15. The number of rotatable bonds is 10. The van der Waals surface area contributed by atoms with Gasteiger partial charge in [0.1, 0.15) is 12.4 Å². The van der Waals surface area contributed by atoms with Crippen LogP contribution in [0.25, 0.3) is 0 Å². The number of nitrogens with zero attached hydrogens (tertiary/aromatic N) is 2. The minimum Gasteiger partial charge on any atom is -0.465 e. The number of carbonyl (C=O) groups is 2. The summed E-state index contributed by atoms with van der Waals surface area (Å²) in [6, 6.07) is 13.8. The first-order valence-electron chi connectivity index (χ1n) is 9.35. The maximum absolute atomic E-state index is 12.8. The first-order chi connectivity index (χ1) is 14.8. The number of hydrogen-bond donors (Lipinski definition) is 3. The highest BCUT2D eigenvalue weighted by atomic mass is 32.2. The van der Waals surface area contributed by atoms with Crippen molar-refractivity contribution in [1.82, 2.24) is 9.84 Å². The van der Waals surface area contributed by atoms with Gasteiger partial charge in [0, 0.05) is 17.7 Å². The largest absolute Gasteiger partial charge is 0.465 e. The third-order valence-electron chi connectivity index (χ3n) is 4.11. The Bertz CT molecular complexity index is 1030. The van der Waals surface area contributed by atoms with Gasteiger partial charge < -0.3 is 15.9 Å². The lowest BCUT2D eigenvalue weighted by Crippen LogP contribution is -2.55. The van der Waals surface area contributed by atoms with Gasteiger partial charge in [-0.15, -0.1) is 0 Å². The van der Waals surface area contributed by atoms with Gasteiger partial charge in [-0.25, -0.2) is 8.42 Å². The molecule has 2 rings (SSSR count). The monoisotopic (exact) mass is 447 g/mol. The predicted octanol–water partition coefficient (Wildman–Crippen LogP) is 1.08. The maximum Gasteiger partial charge on any atom is 0.326 e. The van der Waals surface area contributed by atoms with Gasteiger partial charge in [0.2, 0.25) is 10.0 Å². The van der Waals surface area contributed by atoms with Crippen LogP contribution < -0.4 is 16.6 Å². The molecule has 1 atom stereocenters. The second-order valence-electron chi connectivity index (χ2n) is 6.46. The lowest BCUT2D eigenvalue weighted by atomic mass is 10.1. The molecule has 11 heteroatoms. The van der Waals surface area contributed by atoms with E-state index in [0.717, 1.165) is 6.26 Å². The van der Waals surface area contributed by atoms with E-state index < -0.39 is 27.9 Å². The predicted molar refractivity (Wildman–Crippen MR) is 117 cm³/mol. The number of hydrogen-bond acceptors (Lipinski definition) is 7. The topological polar surface area (TPSA) is 143 Å². The number of benzene rings is 2. The molecule has 0 aliphatic rings. The number of hydrazone groups is 1. The molecule has 4 N–H and O–H groups in total. The summed E-state index contributed by atoms with van der Waals surface area (Å²) in [5, 5.41) is 6.07. The van der Waals surface area contributed by atoms with E-state index in [0.29, 0.717) is 15.7 Å². The molecule has 0 aliphatic carbocycles. The van der Waals surface area contributed by atoms with E-state index in [4.69, 9.17) is 10.6 Å². The average molecular weight is 448 g/mol. The number of ether oxygens (including phenoxy) is 1. The Kier molecular flexibility index (Phi) is 8.53. The Balaban J connectivity index is 2.35. The van der Waals surface area contributed by atoms with E-state index in [1.807, 2.05) is 0 Å². The van der Waals surface area contributed by atoms with Crippen LogP contribution in [0, 0.1) is 0 Å². The molecule has 1 amide bonds. The SMILES string of the molecule is CCOC(=O)[C@H](Cc1ccccc1)N(NC(=O)c1cccc(NC=NN)c1)S(C)(=O)=O. The van der Waals surface area contributed by atoms with Crippen molar-refractivity contribution >= 4 is 33.9 Å². The van der Waals surface area contributed by atoms with Crippen LogP contribution in [-0.4, -0.2) is 50.0 Å². The molecular weight excluding hydrogens is 422 g/mol. The van der Waals surface area contributed by atoms with Gasteiger partial charge in [-0.05, 0) is 30.7 Å². The van der Waals surface area contributed by atoms with Crippen LogP contribution in [0.3, 0.4) is 0 Å². The normalized spacial score (nSPS) is 12.5. The van der Waals surface area contributed by atoms with Gasteiger partial charge in [-0.1, -0.05) is 40.8 Å². The Morgan fingerprint density at radius 1 is 1.19 bits per heavy atom. The number of nitrogens with two attached hydrogens (primary N) is 1. The van der Waals surface area contributed by atoms with Crippen LogP contribution in [0.5, 0.6) is 0 Å². The zero-order chi connectivity index (χ0) is 22.9. The Hall–Kier alpha value is -3.44. The second-order valence-corrected chi connectivity index (χ2v) is 8.32. The van der Waals surface area contributed by atoms with Crippen LogP contribution in [0.1, 0.15) is 22.8 Å². The number of hydrazine groups is 1. The van der Waals surface area contributed by atoms with Crippen molar-refractivity contribution in [2.24, 2.45) is 10.9 Å².